The lowest BCUT2D eigenvalue weighted by atomic mass is 9.99. The van der Waals surface area contributed by atoms with E-state index in [0.717, 1.165) is 7.11 Å². The zero-order chi connectivity index (χ0) is 17.9. The second kappa shape index (κ2) is 7.00. The first-order chi connectivity index (χ1) is 11.3. The maximum Gasteiger partial charge on any atom is 0.433 e. The standard InChI is InChI=1S/C13H15N2O8P/c1-22-12(17)10-9(11(16)15(10)24(19,20)21)14-13(18)23-7-8-5-3-2-4-6-8/h2-6,9-10H,7H2,1H3,(H,14,18)(H2,19,20,21)/t9-,10-/m1/s1. The van der Waals surface area contributed by atoms with Gasteiger partial charge in [0.05, 0.1) is 7.11 Å². The van der Waals surface area contributed by atoms with E-state index in [2.05, 4.69) is 10.1 Å². The number of amides is 2. The zero-order valence-electron chi connectivity index (χ0n) is 12.5. The summed E-state index contributed by atoms with van der Waals surface area (Å²) in [5.74, 6) is -2.17. The van der Waals surface area contributed by atoms with Crippen LogP contribution in [0.4, 0.5) is 4.79 Å². The van der Waals surface area contributed by atoms with E-state index in [1.54, 1.807) is 30.3 Å². The third-order valence-electron chi connectivity index (χ3n) is 3.28. The number of benzene rings is 1. The molecule has 2 rings (SSSR count). The monoisotopic (exact) mass is 358 g/mol. The fraction of sp³-hybridized carbons (Fsp3) is 0.308. The molecule has 3 N–H and O–H groups in total. The Balaban J connectivity index is 2.00. The smallest absolute Gasteiger partial charge is 0.433 e. The number of nitrogens with zero attached hydrogens (tertiary/aromatic N) is 1. The van der Waals surface area contributed by atoms with Crippen molar-refractivity contribution in [2.24, 2.45) is 0 Å². The van der Waals surface area contributed by atoms with E-state index >= 15 is 0 Å². The van der Waals surface area contributed by atoms with E-state index < -0.39 is 37.8 Å². The van der Waals surface area contributed by atoms with E-state index in [1.165, 1.54) is 0 Å². The molecule has 10 nitrogen and oxygen atoms in total. The van der Waals surface area contributed by atoms with Crippen LogP contribution in [-0.2, 0) is 30.2 Å². The van der Waals surface area contributed by atoms with Gasteiger partial charge < -0.3 is 24.6 Å². The van der Waals surface area contributed by atoms with Crippen LogP contribution in [0.5, 0.6) is 0 Å². The van der Waals surface area contributed by atoms with Gasteiger partial charge in [-0.1, -0.05) is 30.3 Å². The van der Waals surface area contributed by atoms with Crippen LogP contribution in [0.25, 0.3) is 0 Å². The lowest BCUT2D eigenvalue weighted by Gasteiger charge is -2.43. The number of carbonyl (C=O) groups is 3. The first-order valence-corrected chi connectivity index (χ1v) is 8.26. The summed E-state index contributed by atoms with van der Waals surface area (Å²) in [6.07, 6.45) is -1.00. The summed E-state index contributed by atoms with van der Waals surface area (Å²) in [5, 5.41) is 2.11. The largest absolute Gasteiger partial charge is 0.467 e. The van der Waals surface area contributed by atoms with Crippen molar-refractivity contribution in [3.63, 3.8) is 0 Å². The third kappa shape index (κ3) is 3.73. The number of esters is 1. The minimum atomic E-state index is -5.00. The molecule has 2 amide bonds. The number of hydrogen-bond donors (Lipinski definition) is 3. The van der Waals surface area contributed by atoms with Crippen LogP contribution in [0.3, 0.4) is 0 Å². The number of ether oxygens (including phenoxy) is 2. The average Bonchev–Trinajstić information content (AvgIpc) is 2.54. The predicted octanol–water partition coefficient (Wildman–Crippen LogP) is -0.242. The molecule has 0 unspecified atom stereocenters. The molecule has 130 valence electrons. The van der Waals surface area contributed by atoms with Gasteiger partial charge in [0, 0.05) is 0 Å². The molecule has 0 aliphatic carbocycles. The molecular formula is C13H15N2O8P. The quantitative estimate of drug-likeness (QED) is 0.372. The first kappa shape index (κ1) is 17.9. The summed E-state index contributed by atoms with van der Waals surface area (Å²) in [5.41, 5.74) is 0.703. The van der Waals surface area contributed by atoms with Crippen LogP contribution >= 0.6 is 7.75 Å². The number of carbonyl (C=O) groups excluding carboxylic acids is 3. The first-order valence-electron chi connectivity index (χ1n) is 6.70. The molecule has 1 aliphatic heterocycles. The Kier molecular flexibility index (Phi) is 5.23. The minimum Gasteiger partial charge on any atom is -0.467 e. The molecule has 1 heterocycles. The molecule has 0 spiro atoms. The van der Waals surface area contributed by atoms with Crippen LogP contribution < -0.4 is 5.32 Å². The van der Waals surface area contributed by atoms with Crippen LogP contribution in [0.15, 0.2) is 30.3 Å². The van der Waals surface area contributed by atoms with Crippen molar-refractivity contribution >= 4 is 25.7 Å². The summed E-state index contributed by atoms with van der Waals surface area (Å²) in [6.45, 7) is -0.0708. The Labute approximate surface area is 136 Å². The van der Waals surface area contributed by atoms with Crippen molar-refractivity contribution in [1.29, 1.82) is 0 Å². The van der Waals surface area contributed by atoms with E-state index in [0.29, 0.717) is 5.56 Å². The maximum absolute atomic E-state index is 11.8. The van der Waals surface area contributed by atoms with E-state index in [9.17, 15) is 18.9 Å². The highest BCUT2D eigenvalue weighted by molar-refractivity contribution is 7.50. The molecule has 0 aromatic heterocycles. The molecular weight excluding hydrogens is 343 g/mol. The molecule has 1 aromatic carbocycles. The second-order valence-corrected chi connectivity index (χ2v) is 6.31. The summed E-state index contributed by atoms with van der Waals surface area (Å²) < 4.78 is 20.6. The van der Waals surface area contributed by atoms with Crippen molar-refractivity contribution in [3.05, 3.63) is 35.9 Å². The van der Waals surface area contributed by atoms with Crippen molar-refractivity contribution in [1.82, 2.24) is 9.99 Å². The number of rotatable bonds is 5. The van der Waals surface area contributed by atoms with Gasteiger partial charge in [-0.3, -0.25) is 4.79 Å². The molecule has 0 radical (unpaired) electrons. The van der Waals surface area contributed by atoms with Gasteiger partial charge >= 0.3 is 19.8 Å². The Morgan fingerprint density at radius 1 is 1.29 bits per heavy atom. The molecule has 0 bridgehead atoms. The Bertz CT molecular complexity index is 688. The Morgan fingerprint density at radius 3 is 2.46 bits per heavy atom. The van der Waals surface area contributed by atoms with Crippen LogP contribution in [0.1, 0.15) is 5.56 Å². The molecule has 1 saturated heterocycles. The molecule has 1 aromatic rings. The third-order valence-corrected chi connectivity index (χ3v) is 4.29. The highest BCUT2D eigenvalue weighted by Gasteiger charge is 2.59. The number of β-lactam (4-membered cyclic amide) rings is 1. The van der Waals surface area contributed by atoms with Crippen LogP contribution in [-0.4, -0.2) is 51.6 Å². The number of nitrogens with one attached hydrogen (secondary N) is 1. The molecule has 11 heteroatoms. The molecule has 1 aliphatic rings. The van der Waals surface area contributed by atoms with Gasteiger partial charge in [-0.15, -0.1) is 0 Å². The van der Waals surface area contributed by atoms with Gasteiger partial charge in [0.1, 0.15) is 12.6 Å². The number of hydrogen-bond acceptors (Lipinski definition) is 6. The van der Waals surface area contributed by atoms with Gasteiger partial charge in [0.15, 0.2) is 6.04 Å². The summed E-state index contributed by atoms with van der Waals surface area (Å²) in [7, 11) is -4.01. The van der Waals surface area contributed by atoms with Crippen LogP contribution in [0.2, 0.25) is 0 Å². The minimum absolute atomic E-state index is 0.0704. The van der Waals surface area contributed by atoms with Gasteiger partial charge in [-0.05, 0) is 5.56 Å². The maximum atomic E-state index is 11.8. The van der Waals surface area contributed by atoms with Gasteiger partial charge in [-0.25, -0.2) is 18.8 Å². The molecule has 24 heavy (non-hydrogen) atoms. The predicted molar refractivity (Wildman–Crippen MR) is 78.2 cm³/mol. The Morgan fingerprint density at radius 2 is 1.92 bits per heavy atom. The molecule has 0 saturated carbocycles. The van der Waals surface area contributed by atoms with Gasteiger partial charge in [-0.2, -0.15) is 0 Å². The van der Waals surface area contributed by atoms with Crippen molar-refractivity contribution in [3.8, 4) is 0 Å². The van der Waals surface area contributed by atoms with Crippen molar-refractivity contribution in [2.45, 2.75) is 18.7 Å². The highest BCUT2D eigenvalue weighted by atomic mass is 31.2. The average molecular weight is 358 g/mol. The lowest BCUT2D eigenvalue weighted by Crippen LogP contribution is -2.72. The fourth-order valence-electron chi connectivity index (χ4n) is 2.15. The fourth-order valence-corrected chi connectivity index (χ4v) is 3.09. The lowest BCUT2D eigenvalue weighted by molar-refractivity contribution is -0.162. The number of methoxy groups -OCH3 is 1. The van der Waals surface area contributed by atoms with Crippen LogP contribution in [0, 0.1) is 0 Å². The topological polar surface area (TPSA) is 142 Å². The van der Waals surface area contributed by atoms with Crippen molar-refractivity contribution in [2.75, 3.05) is 7.11 Å². The SMILES string of the molecule is COC(=O)[C@H]1[C@@H](NC(=O)OCc2ccccc2)C(=O)N1P(=O)(O)O. The van der Waals surface area contributed by atoms with Gasteiger partial charge in [0.2, 0.25) is 0 Å². The Hall–Kier alpha value is -2.42. The van der Waals surface area contributed by atoms with Gasteiger partial charge in [0.25, 0.3) is 5.91 Å². The second-order valence-electron chi connectivity index (χ2n) is 4.85. The van der Waals surface area contributed by atoms with E-state index in [-0.39, 0.29) is 11.3 Å². The molecule has 1 fully saturated rings. The summed E-state index contributed by atoms with van der Waals surface area (Å²) >= 11 is 0. The normalized spacial score (nSPS) is 20.1. The highest BCUT2D eigenvalue weighted by Crippen LogP contribution is 2.48. The molecule has 2 atom stereocenters. The number of alkyl carbamates (subject to hydrolysis) is 1. The zero-order valence-corrected chi connectivity index (χ0v) is 13.4. The van der Waals surface area contributed by atoms with E-state index in [1.807, 2.05) is 0 Å². The van der Waals surface area contributed by atoms with Crippen molar-refractivity contribution < 1.29 is 38.2 Å². The van der Waals surface area contributed by atoms with E-state index in [4.69, 9.17) is 14.5 Å². The summed E-state index contributed by atoms with van der Waals surface area (Å²) in [6, 6.07) is 5.63. The summed E-state index contributed by atoms with van der Waals surface area (Å²) in [4.78, 5) is 53.3.